The van der Waals surface area contributed by atoms with Gasteiger partial charge in [-0.15, -0.1) is 0 Å². The number of aliphatic carboxylic acids is 1. The highest BCUT2D eigenvalue weighted by molar-refractivity contribution is 5.83. The Balaban J connectivity index is 2.03. The van der Waals surface area contributed by atoms with Crippen molar-refractivity contribution in [3.8, 4) is 0 Å². The lowest BCUT2D eigenvalue weighted by Gasteiger charge is -2.27. The highest BCUT2D eigenvalue weighted by atomic mass is 16.4. The van der Waals surface area contributed by atoms with Gasteiger partial charge in [-0.1, -0.05) is 29.8 Å². The van der Waals surface area contributed by atoms with E-state index < -0.39 is 12.0 Å². The normalized spacial score (nSPS) is 18.1. The molecular formula is C15H20N2O3. The fourth-order valence-corrected chi connectivity index (χ4v) is 2.62. The van der Waals surface area contributed by atoms with Gasteiger partial charge in [-0.2, -0.15) is 0 Å². The fraction of sp³-hybridized carbons (Fsp3) is 0.467. The van der Waals surface area contributed by atoms with Crippen molar-refractivity contribution in [3.63, 3.8) is 0 Å². The van der Waals surface area contributed by atoms with Gasteiger partial charge < -0.3 is 14.9 Å². The number of nitrogens with zero attached hydrogens (tertiary/aromatic N) is 2. The zero-order valence-electron chi connectivity index (χ0n) is 11.9. The van der Waals surface area contributed by atoms with E-state index in [1.807, 2.05) is 31.2 Å². The number of rotatable bonds is 3. The number of benzene rings is 1. The predicted octanol–water partition coefficient (Wildman–Crippen LogP) is 2.10. The Morgan fingerprint density at radius 1 is 1.45 bits per heavy atom. The van der Waals surface area contributed by atoms with E-state index in [-0.39, 0.29) is 6.03 Å². The molecule has 1 aliphatic rings. The highest BCUT2D eigenvalue weighted by Gasteiger charge is 2.35. The van der Waals surface area contributed by atoms with Crippen LogP contribution in [0.1, 0.15) is 24.0 Å². The molecule has 1 aromatic rings. The number of carboxylic acids is 1. The Hall–Kier alpha value is -2.04. The summed E-state index contributed by atoms with van der Waals surface area (Å²) in [4.78, 5) is 26.5. The van der Waals surface area contributed by atoms with E-state index in [0.29, 0.717) is 19.5 Å². The lowest BCUT2D eigenvalue weighted by molar-refractivity contribution is -0.141. The van der Waals surface area contributed by atoms with E-state index in [4.69, 9.17) is 5.11 Å². The summed E-state index contributed by atoms with van der Waals surface area (Å²) in [5, 5.41) is 9.13. The van der Waals surface area contributed by atoms with Gasteiger partial charge in [0, 0.05) is 20.1 Å². The molecule has 2 amide bonds. The van der Waals surface area contributed by atoms with E-state index in [1.54, 1.807) is 11.9 Å². The third-order valence-electron chi connectivity index (χ3n) is 3.61. The summed E-state index contributed by atoms with van der Waals surface area (Å²) in [5.74, 6) is -0.917. The molecule has 5 heteroatoms. The standard InChI is InChI=1S/C15H20N2O3/c1-11-5-3-6-12(9-11)10-16(2)15(20)17-8-4-7-13(17)14(18)19/h3,5-6,9,13H,4,7-8,10H2,1-2H3,(H,18,19). The number of carboxylic acid groups (broad SMARTS) is 1. The minimum Gasteiger partial charge on any atom is -0.480 e. The van der Waals surface area contributed by atoms with Crippen LogP contribution in [0.3, 0.4) is 0 Å². The minimum absolute atomic E-state index is 0.212. The van der Waals surface area contributed by atoms with Crippen molar-refractivity contribution in [2.75, 3.05) is 13.6 Å². The molecule has 0 spiro atoms. The number of likely N-dealkylation sites (tertiary alicyclic amines) is 1. The first-order valence-corrected chi connectivity index (χ1v) is 6.79. The van der Waals surface area contributed by atoms with Crippen molar-refractivity contribution in [1.29, 1.82) is 0 Å². The predicted molar refractivity (Wildman–Crippen MR) is 75.4 cm³/mol. The zero-order chi connectivity index (χ0) is 14.7. The van der Waals surface area contributed by atoms with E-state index in [9.17, 15) is 9.59 Å². The molecule has 1 fully saturated rings. The first kappa shape index (κ1) is 14.4. The van der Waals surface area contributed by atoms with Crippen molar-refractivity contribution in [2.24, 2.45) is 0 Å². The smallest absolute Gasteiger partial charge is 0.326 e. The Bertz CT molecular complexity index is 516. The van der Waals surface area contributed by atoms with Crippen molar-refractivity contribution in [2.45, 2.75) is 32.4 Å². The maximum Gasteiger partial charge on any atom is 0.326 e. The number of carbonyl (C=O) groups excluding carboxylic acids is 1. The molecule has 108 valence electrons. The maximum absolute atomic E-state index is 12.3. The zero-order valence-corrected chi connectivity index (χ0v) is 11.9. The number of aryl methyl sites for hydroxylation is 1. The summed E-state index contributed by atoms with van der Waals surface area (Å²) in [5.41, 5.74) is 2.19. The van der Waals surface area contributed by atoms with E-state index in [0.717, 1.165) is 17.5 Å². The lowest BCUT2D eigenvalue weighted by Crippen LogP contribution is -2.46. The Labute approximate surface area is 118 Å². The summed E-state index contributed by atoms with van der Waals surface area (Å²) in [6.07, 6.45) is 1.29. The summed E-state index contributed by atoms with van der Waals surface area (Å²) in [6, 6.07) is 7.07. The van der Waals surface area contributed by atoms with Crippen LogP contribution in [0.15, 0.2) is 24.3 Å². The molecular weight excluding hydrogens is 256 g/mol. The highest BCUT2D eigenvalue weighted by Crippen LogP contribution is 2.19. The Kier molecular flexibility index (Phi) is 4.27. The van der Waals surface area contributed by atoms with Crippen molar-refractivity contribution in [1.82, 2.24) is 9.80 Å². The summed E-state index contributed by atoms with van der Waals surface area (Å²) in [7, 11) is 1.71. The van der Waals surface area contributed by atoms with E-state index in [2.05, 4.69) is 0 Å². The molecule has 2 rings (SSSR count). The first-order chi connectivity index (χ1) is 9.49. The number of carbonyl (C=O) groups is 2. The third-order valence-corrected chi connectivity index (χ3v) is 3.61. The topological polar surface area (TPSA) is 60.9 Å². The fourth-order valence-electron chi connectivity index (χ4n) is 2.62. The number of urea groups is 1. The molecule has 0 bridgehead atoms. The van der Waals surface area contributed by atoms with Gasteiger partial charge in [0.1, 0.15) is 6.04 Å². The lowest BCUT2D eigenvalue weighted by atomic mass is 10.1. The number of amides is 2. The third kappa shape index (κ3) is 3.10. The maximum atomic E-state index is 12.3. The number of hydrogen-bond donors (Lipinski definition) is 1. The van der Waals surface area contributed by atoms with Crippen molar-refractivity contribution < 1.29 is 14.7 Å². The van der Waals surface area contributed by atoms with Gasteiger partial charge in [0.05, 0.1) is 0 Å². The van der Waals surface area contributed by atoms with Crippen molar-refractivity contribution >= 4 is 12.0 Å². The second kappa shape index (κ2) is 5.94. The Morgan fingerprint density at radius 3 is 2.85 bits per heavy atom. The summed E-state index contributed by atoms with van der Waals surface area (Å²) >= 11 is 0. The second-order valence-electron chi connectivity index (χ2n) is 5.32. The molecule has 20 heavy (non-hydrogen) atoms. The van der Waals surface area contributed by atoms with Crippen LogP contribution in [0, 0.1) is 6.92 Å². The quantitative estimate of drug-likeness (QED) is 0.919. The van der Waals surface area contributed by atoms with Gasteiger partial charge >= 0.3 is 12.0 Å². The molecule has 0 radical (unpaired) electrons. The van der Waals surface area contributed by atoms with Crippen LogP contribution < -0.4 is 0 Å². The summed E-state index contributed by atoms with van der Waals surface area (Å²) in [6.45, 7) is 3.02. The largest absolute Gasteiger partial charge is 0.480 e. The molecule has 5 nitrogen and oxygen atoms in total. The molecule has 0 aliphatic carbocycles. The van der Waals surface area contributed by atoms with Crippen LogP contribution in [-0.4, -0.2) is 46.5 Å². The van der Waals surface area contributed by atoms with Crippen molar-refractivity contribution in [3.05, 3.63) is 35.4 Å². The molecule has 1 N–H and O–H groups in total. The monoisotopic (exact) mass is 276 g/mol. The van der Waals surface area contributed by atoms with Gasteiger partial charge in [-0.05, 0) is 25.3 Å². The number of hydrogen-bond acceptors (Lipinski definition) is 2. The average Bonchev–Trinajstić information content (AvgIpc) is 2.87. The SMILES string of the molecule is Cc1cccc(CN(C)C(=O)N2CCCC2C(=O)O)c1. The van der Waals surface area contributed by atoms with Gasteiger partial charge in [-0.25, -0.2) is 9.59 Å². The van der Waals surface area contributed by atoms with Crippen LogP contribution >= 0.6 is 0 Å². The molecule has 0 aromatic heterocycles. The molecule has 1 saturated heterocycles. The second-order valence-corrected chi connectivity index (χ2v) is 5.32. The van der Waals surface area contributed by atoms with Crippen LogP contribution in [0.2, 0.25) is 0 Å². The van der Waals surface area contributed by atoms with Gasteiger partial charge in [-0.3, -0.25) is 0 Å². The van der Waals surface area contributed by atoms with Gasteiger partial charge in [0.25, 0.3) is 0 Å². The Morgan fingerprint density at radius 2 is 2.20 bits per heavy atom. The molecule has 1 atom stereocenters. The minimum atomic E-state index is -0.917. The van der Waals surface area contributed by atoms with Gasteiger partial charge in [0.2, 0.25) is 0 Å². The van der Waals surface area contributed by atoms with Crippen LogP contribution in [0.5, 0.6) is 0 Å². The first-order valence-electron chi connectivity index (χ1n) is 6.79. The molecule has 1 aliphatic heterocycles. The average molecular weight is 276 g/mol. The molecule has 0 saturated carbocycles. The molecule has 1 unspecified atom stereocenters. The van der Waals surface area contributed by atoms with Crippen LogP contribution in [0.4, 0.5) is 4.79 Å². The van der Waals surface area contributed by atoms with E-state index >= 15 is 0 Å². The molecule has 1 heterocycles. The van der Waals surface area contributed by atoms with Gasteiger partial charge in [0.15, 0.2) is 0 Å². The summed E-state index contributed by atoms with van der Waals surface area (Å²) < 4.78 is 0. The van der Waals surface area contributed by atoms with Crippen LogP contribution in [0.25, 0.3) is 0 Å². The van der Waals surface area contributed by atoms with E-state index in [1.165, 1.54) is 4.90 Å². The van der Waals surface area contributed by atoms with Crippen LogP contribution in [-0.2, 0) is 11.3 Å². The molecule has 1 aromatic carbocycles.